The Kier molecular flexibility index (Phi) is 4.19. The van der Waals surface area contributed by atoms with Crippen LogP contribution in [0.5, 0.6) is 17.2 Å². The minimum absolute atomic E-state index is 0.292. The highest BCUT2D eigenvalue weighted by Crippen LogP contribution is 2.35. The average Bonchev–Trinajstić information content (AvgIpc) is 3.01. The van der Waals surface area contributed by atoms with Crippen molar-refractivity contribution >= 4 is 5.69 Å². The Balaban J connectivity index is 1.76. The zero-order valence-corrected chi connectivity index (χ0v) is 12.6. The second kappa shape index (κ2) is 6.43. The third kappa shape index (κ3) is 3.01. The van der Waals surface area contributed by atoms with E-state index < -0.39 is 0 Å². The van der Waals surface area contributed by atoms with Crippen LogP contribution in [0.15, 0.2) is 55.1 Å². The van der Waals surface area contributed by atoms with Gasteiger partial charge >= 0.3 is 0 Å². The lowest BCUT2D eigenvalue weighted by molar-refractivity contribution is 0.174. The summed E-state index contributed by atoms with van der Waals surface area (Å²) in [5.74, 6) is 2.47. The molecular weight excluding hydrogens is 278 g/mol. The molecule has 0 amide bonds. The van der Waals surface area contributed by atoms with Crippen LogP contribution in [-0.4, -0.2) is 20.4 Å². The van der Waals surface area contributed by atoms with Crippen LogP contribution in [0.4, 0.5) is 5.69 Å². The zero-order valence-electron chi connectivity index (χ0n) is 12.6. The van der Waals surface area contributed by atoms with Crippen LogP contribution in [0.1, 0.15) is 5.56 Å². The topological polar surface area (TPSA) is 30.9 Å². The van der Waals surface area contributed by atoms with Crippen LogP contribution >= 0.6 is 0 Å². The Hall–Kier alpha value is -2.62. The molecule has 2 aromatic rings. The van der Waals surface area contributed by atoms with E-state index >= 15 is 0 Å². The molecule has 0 unspecified atom stereocenters. The van der Waals surface area contributed by atoms with Gasteiger partial charge in [0.05, 0.1) is 0 Å². The van der Waals surface area contributed by atoms with Gasteiger partial charge < -0.3 is 19.1 Å². The Morgan fingerprint density at radius 3 is 2.86 bits per heavy atom. The van der Waals surface area contributed by atoms with Crippen LogP contribution in [0.25, 0.3) is 0 Å². The molecule has 0 fully saturated rings. The van der Waals surface area contributed by atoms with Crippen LogP contribution in [0, 0.1) is 0 Å². The van der Waals surface area contributed by atoms with Gasteiger partial charge in [-0.1, -0.05) is 30.9 Å². The molecule has 0 radical (unpaired) electrons. The number of hydrogen-bond donors (Lipinski definition) is 0. The predicted molar refractivity (Wildman–Crippen MR) is 86.8 cm³/mol. The molecule has 0 N–H and O–H groups in total. The fourth-order valence-corrected chi connectivity index (χ4v) is 2.39. The SMILES string of the molecule is C=CCOc1ccccc1CN(C)c1ccc2c(c1)OCO2. The van der Waals surface area contributed by atoms with Crippen molar-refractivity contribution in [3.05, 3.63) is 60.7 Å². The Labute approximate surface area is 130 Å². The standard InChI is InChI=1S/C18H19NO3/c1-3-10-20-16-7-5-4-6-14(16)12-19(2)15-8-9-17-18(11-15)22-13-21-17/h3-9,11H,1,10,12-13H2,2H3. The highest BCUT2D eigenvalue weighted by molar-refractivity contribution is 5.57. The third-order valence-corrected chi connectivity index (χ3v) is 3.53. The monoisotopic (exact) mass is 297 g/mol. The molecule has 0 saturated carbocycles. The first kappa shape index (κ1) is 14.3. The van der Waals surface area contributed by atoms with Gasteiger partial charge in [-0.15, -0.1) is 0 Å². The van der Waals surface area contributed by atoms with Gasteiger partial charge in [0.1, 0.15) is 12.4 Å². The molecule has 4 nitrogen and oxygen atoms in total. The first-order chi connectivity index (χ1) is 10.8. The average molecular weight is 297 g/mol. The zero-order chi connectivity index (χ0) is 15.4. The summed E-state index contributed by atoms with van der Waals surface area (Å²) in [6.45, 7) is 5.23. The van der Waals surface area contributed by atoms with Crippen molar-refractivity contribution in [2.45, 2.75) is 6.54 Å². The van der Waals surface area contributed by atoms with Gasteiger partial charge in [0.25, 0.3) is 0 Å². The van der Waals surface area contributed by atoms with Crippen molar-refractivity contribution in [1.82, 2.24) is 0 Å². The highest BCUT2D eigenvalue weighted by Gasteiger charge is 2.15. The first-order valence-electron chi connectivity index (χ1n) is 7.20. The molecule has 0 spiro atoms. The van der Waals surface area contributed by atoms with Gasteiger partial charge in [-0.25, -0.2) is 0 Å². The summed E-state index contributed by atoms with van der Waals surface area (Å²) in [5.41, 5.74) is 2.20. The van der Waals surface area contributed by atoms with Gasteiger partial charge in [0.15, 0.2) is 11.5 Å². The van der Waals surface area contributed by atoms with Crippen molar-refractivity contribution in [2.24, 2.45) is 0 Å². The Morgan fingerprint density at radius 2 is 2.00 bits per heavy atom. The molecule has 22 heavy (non-hydrogen) atoms. The second-order valence-corrected chi connectivity index (χ2v) is 5.10. The summed E-state index contributed by atoms with van der Waals surface area (Å²) in [6.07, 6.45) is 1.75. The van der Waals surface area contributed by atoms with Crippen molar-refractivity contribution in [3.63, 3.8) is 0 Å². The third-order valence-electron chi connectivity index (χ3n) is 3.53. The molecule has 114 valence electrons. The van der Waals surface area contributed by atoms with Gasteiger partial charge in [-0.3, -0.25) is 0 Å². The fraction of sp³-hybridized carbons (Fsp3) is 0.222. The smallest absolute Gasteiger partial charge is 0.231 e. The fourth-order valence-electron chi connectivity index (χ4n) is 2.39. The first-order valence-corrected chi connectivity index (χ1v) is 7.20. The molecule has 3 rings (SSSR count). The maximum absolute atomic E-state index is 5.71. The Morgan fingerprint density at radius 1 is 1.18 bits per heavy atom. The van der Waals surface area contributed by atoms with Crippen LogP contribution in [-0.2, 0) is 6.54 Å². The molecule has 0 aliphatic carbocycles. The van der Waals surface area contributed by atoms with Crippen molar-refractivity contribution in [2.75, 3.05) is 25.3 Å². The van der Waals surface area contributed by atoms with Crippen molar-refractivity contribution < 1.29 is 14.2 Å². The van der Waals surface area contributed by atoms with Gasteiger partial charge in [-0.2, -0.15) is 0 Å². The normalized spacial score (nSPS) is 12.0. The van der Waals surface area contributed by atoms with Crippen LogP contribution in [0.3, 0.4) is 0 Å². The van der Waals surface area contributed by atoms with E-state index in [1.807, 2.05) is 43.4 Å². The van der Waals surface area contributed by atoms with E-state index in [0.29, 0.717) is 13.4 Å². The van der Waals surface area contributed by atoms with E-state index in [1.54, 1.807) is 6.08 Å². The predicted octanol–water partition coefficient (Wildman–Crippen LogP) is 3.62. The lowest BCUT2D eigenvalue weighted by Gasteiger charge is -2.21. The largest absolute Gasteiger partial charge is 0.489 e. The van der Waals surface area contributed by atoms with E-state index in [4.69, 9.17) is 14.2 Å². The van der Waals surface area contributed by atoms with E-state index in [-0.39, 0.29) is 0 Å². The van der Waals surface area contributed by atoms with E-state index in [2.05, 4.69) is 17.5 Å². The van der Waals surface area contributed by atoms with Crippen LogP contribution < -0.4 is 19.1 Å². The number of rotatable bonds is 6. The molecule has 0 bridgehead atoms. The summed E-state index contributed by atoms with van der Waals surface area (Å²) < 4.78 is 16.5. The number of hydrogen-bond acceptors (Lipinski definition) is 4. The lowest BCUT2D eigenvalue weighted by Crippen LogP contribution is -2.17. The highest BCUT2D eigenvalue weighted by atomic mass is 16.7. The summed E-state index contributed by atoms with van der Waals surface area (Å²) >= 11 is 0. The van der Waals surface area contributed by atoms with E-state index in [0.717, 1.165) is 35.0 Å². The van der Waals surface area contributed by atoms with Gasteiger partial charge in [0.2, 0.25) is 6.79 Å². The molecule has 0 aromatic heterocycles. The minimum atomic E-state index is 0.292. The number of ether oxygens (including phenoxy) is 3. The molecule has 1 heterocycles. The molecule has 4 heteroatoms. The van der Waals surface area contributed by atoms with Crippen LogP contribution in [0.2, 0.25) is 0 Å². The molecule has 1 aliphatic heterocycles. The van der Waals surface area contributed by atoms with Crippen molar-refractivity contribution in [1.29, 1.82) is 0 Å². The summed E-state index contributed by atoms with van der Waals surface area (Å²) in [5, 5.41) is 0. The number of anilines is 1. The Bertz CT molecular complexity index is 669. The van der Waals surface area contributed by atoms with Gasteiger partial charge in [-0.05, 0) is 18.2 Å². The van der Waals surface area contributed by atoms with E-state index in [9.17, 15) is 0 Å². The molecular formula is C18H19NO3. The van der Waals surface area contributed by atoms with E-state index in [1.165, 1.54) is 0 Å². The second-order valence-electron chi connectivity index (χ2n) is 5.10. The lowest BCUT2D eigenvalue weighted by atomic mass is 10.1. The van der Waals surface area contributed by atoms with Gasteiger partial charge in [0, 0.05) is 30.9 Å². The number of fused-ring (bicyclic) bond motifs is 1. The summed E-state index contributed by atoms with van der Waals surface area (Å²) in [7, 11) is 2.04. The summed E-state index contributed by atoms with van der Waals surface area (Å²) in [6, 6.07) is 14.0. The molecule has 0 saturated heterocycles. The number of para-hydroxylation sites is 1. The number of benzene rings is 2. The molecule has 1 aliphatic rings. The maximum atomic E-state index is 5.71. The number of nitrogens with zero attached hydrogens (tertiary/aromatic N) is 1. The summed E-state index contributed by atoms with van der Waals surface area (Å²) in [4.78, 5) is 2.15. The molecule has 0 atom stereocenters. The molecule has 2 aromatic carbocycles. The van der Waals surface area contributed by atoms with Crippen molar-refractivity contribution in [3.8, 4) is 17.2 Å². The maximum Gasteiger partial charge on any atom is 0.231 e. The minimum Gasteiger partial charge on any atom is -0.489 e. The quantitative estimate of drug-likeness (QED) is 0.762.